The summed E-state index contributed by atoms with van der Waals surface area (Å²) < 4.78 is 5.44. The molecular formula is C13H20N2O3. The van der Waals surface area contributed by atoms with Crippen molar-refractivity contribution in [2.75, 3.05) is 0 Å². The molecule has 1 aromatic heterocycles. The van der Waals surface area contributed by atoms with Crippen LogP contribution in [-0.2, 0) is 17.6 Å². The normalized spacial score (nSPS) is 16.9. The number of carboxylic acids is 1. The number of aryl methyl sites for hydroxylation is 2. The van der Waals surface area contributed by atoms with Gasteiger partial charge in [0.15, 0.2) is 0 Å². The molecule has 100 valence electrons. The summed E-state index contributed by atoms with van der Waals surface area (Å²) in [6.45, 7) is 0. The van der Waals surface area contributed by atoms with Crippen molar-refractivity contribution in [3.8, 4) is 0 Å². The molecule has 1 saturated carbocycles. The summed E-state index contributed by atoms with van der Waals surface area (Å²) in [5.74, 6) is 1.06. The van der Waals surface area contributed by atoms with Gasteiger partial charge in [-0.1, -0.05) is 32.1 Å². The van der Waals surface area contributed by atoms with Gasteiger partial charge in [-0.3, -0.25) is 4.79 Å². The molecule has 0 amide bonds. The number of rotatable bonds is 6. The third-order valence-corrected chi connectivity index (χ3v) is 3.55. The van der Waals surface area contributed by atoms with Crippen molar-refractivity contribution in [3.63, 3.8) is 0 Å². The van der Waals surface area contributed by atoms with Crippen LogP contribution in [0, 0.1) is 5.92 Å². The average molecular weight is 252 g/mol. The van der Waals surface area contributed by atoms with Crippen LogP contribution >= 0.6 is 0 Å². The number of carbonyl (C=O) groups is 1. The van der Waals surface area contributed by atoms with Gasteiger partial charge in [-0.25, -0.2) is 0 Å². The summed E-state index contributed by atoms with van der Waals surface area (Å²) in [5, 5.41) is 16.4. The molecule has 0 spiro atoms. The summed E-state index contributed by atoms with van der Waals surface area (Å²) >= 11 is 0. The molecule has 0 atom stereocenters. The van der Waals surface area contributed by atoms with Gasteiger partial charge in [-0.05, 0) is 12.3 Å². The number of aliphatic carboxylic acids is 1. The zero-order valence-corrected chi connectivity index (χ0v) is 10.6. The Bertz CT molecular complexity index is 383. The number of hydrogen-bond acceptors (Lipinski definition) is 4. The zero-order valence-electron chi connectivity index (χ0n) is 10.6. The van der Waals surface area contributed by atoms with E-state index in [9.17, 15) is 4.79 Å². The van der Waals surface area contributed by atoms with Crippen molar-refractivity contribution in [2.45, 2.75) is 57.8 Å². The highest BCUT2D eigenvalue weighted by molar-refractivity contribution is 5.66. The predicted octanol–water partition coefficient (Wildman–Crippen LogP) is 2.60. The second-order valence-electron chi connectivity index (χ2n) is 5.03. The first-order chi connectivity index (χ1) is 8.74. The molecule has 1 aromatic rings. The van der Waals surface area contributed by atoms with Crippen LogP contribution in [0.3, 0.4) is 0 Å². The van der Waals surface area contributed by atoms with Crippen LogP contribution in [0.4, 0.5) is 0 Å². The summed E-state index contributed by atoms with van der Waals surface area (Å²) in [4.78, 5) is 10.4. The molecule has 0 radical (unpaired) electrons. The number of aromatic nitrogens is 2. The molecule has 0 saturated heterocycles. The summed E-state index contributed by atoms with van der Waals surface area (Å²) in [5.41, 5.74) is 0. The molecule has 0 bridgehead atoms. The lowest BCUT2D eigenvalue weighted by Crippen LogP contribution is -2.07. The van der Waals surface area contributed by atoms with Crippen molar-refractivity contribution < 1.29 is 14.3 Å². The van der Waals surface area contributed by atoms with E-state index >= 15 is 0 Å². The Morgan fingerprint density at radius 1 is 1.17 bits per heavy atom. The van der Waals surface area contributed by atoms with E-state index in [2.05, 4.69) is 10.2 Å². The van der Waals surface area contributed by atoms with Gasteiger partial charge in [0.1, 0.15) is 0 Å². The Morgan fingerprint density at radius 2 is 1.83 bits per heavy atom. The van der Waals surface area contributed by atoms with E-state index in [-0.39, 0.29) is 6.42 Å². The minimum atomic E-state index is -0.836. The van der Waals surface area contributed by atoms with E-state index in [0.717, 1.165) is 18.8 Å². The first kappa shape index (κ1) is 13.1. The van der Waals surface area contributed by atoms with Gasteiger partial charge in [0, 0.05) is 12.8 Å². The van der Waals surface area contributed by atoms with E-state index in [1.54, 1.807) is 0 Å². The van der Waals surface area contributed by atoms with Gasteiger partial charge in [0.25, 0.3) is 0 Å². The number of carboxylic acid groups (broad SMARTS) is 1. The Labute approximate surface area is 107 Å². The molecule has 0 aromatic carbocycles. The molecule has 18 heavy (non-hydrogen) atoms. The first-order valence-corrected chi connectivity index (χ1v) is 6.77. The maximum absolute atomic E-state index is 10.4. The monoisotopic (exact) mass is 252 g/mol. The van der Waals surface area contributed by atoms with E-state index in [0.29, 0.717) is 18.2 Å². The second kappa shape index (κ2) is 6.52. The smallest absolute Gasteiger partial charge is 0.303 e. The molecule has 1 fully saturated rings. The maximum atomic E-state index is 10.4. The third-order valence-electron chi connectivity index (χ3n) is 3.55. The van der Waals surface area contributed by atoms with Crippen molar-refractivity contribution in [2.24, 2.45) is 5.92 Å². The summed E-state index contributed by atoms with van der Waals surface area (Å²) in [7, 11) is 0. The fraction of sp³-hybridized carbons (Fsp3) is 0.769. The van der Waals surface area contributed by atoms with E-state index in [1.165, 1.54) is 32.1 Å². The van der Waals surface area contributed by atoms with Gasteiger partial charge >= 0.3 is 5.97 Å². The number of nitrogens with zero attached hydrogens (tertiary/aromatic N) is 2. The van der Waals surface area contributed by atoms with Crippen molar-refractivity contribution >= 4 is 5.97 Å². The van der Waals surface area contributed by atoms with Gasteiger partial charge in [-0.15, -0.1) is 10.2 Å². The van der Waals surface area contributed by atoms with Crippen LogP contribution in [0.1, 0.15) is 56.7 Å². The minimum Gasteiger partial charge on any atom is -0.481 e. The van der Waals surface area contributed by atoms with Gasteiger partial charge in [-0.2, -0.15) is 0 Å². The topological polar surface area (TPSA) is 76.2 Å². The summed E-state index contributed by atoms with van der Waals surface area (Å²) in [6.07, 6.45) is 9.01. The zero-order chi connectivity index (χ0) is 12.8. The largest absolute Gasteiger partial charge is 0.481 e. The standard InChI is InChI=1S/C13H20N2O3/c16-13(17)9-8-12-15-14-11(18-12)7-6-10-4-2-1-3-5-10/h10H,1-9H2,(H,16,17). The molecule has 2 rings (SSSR count). The van der Waals surface area contributed by atoms with Crippen LogP contribution in [0.15, 0.2) is 4.42 Å². The van der Waals surface area contributed by atoms with Crippen molar-refractivity contribution in [1.29, 1.82) is 0 Å². The predicted molar refractivity (Wildman–Crippen MR) is 65.2 cm³/mol. The minimum absolute atomic E-state index is 0.0459. The van der Waals surface area contributed by atoms with Gasteiger partial charge in [0.05, 0.1) is 6.42 Å². The Hall–Kier alpha value is -1.39. The van der Waals surface area contributed by atoms with E-state index in [4.69, 9.17) is 9.52 Å². The van der Waals surface area contributed by atoms with Crippen LogP contribution in [0.2, 0.25) is 0 Å². The highest BCUT2D eigenvalue weighted by Gasteiger charge is 2.15. The van der Waals surface area contributed by atoms with Gasteiger partial charge < -0.3 is 9.52 Å². The molecule has 0 unspecified atom stereocenters. The fourth-order valence-electron chi connectivity index (χ4n) is 2.51. The highest BCUT2D eigenvalue weighted by atomic mass is 16.4. The van der Waals surface area contributed by atoms with Crippen molar-refractivity contribution in [1.82, 2.24) is 10.2 Å². The average Bonchev–Trinajstić information content (AvgIpc) is 2.83. The lowest BCUT2D eigenvalue weighted by Gasteiger charge is -2.20. The third kappa shape index (κ3) is 4.13. The quantitative estimate of drug-likeness (QED) is 0.842. The van der Waals surface area contributed by atoms with Crippen LogP contribution < -0.4 is 0 Å². The molecular weight excluding hydrogens is 232 g/mol. The van der Waals surface area contributed by atoms with Crippen LogP contribution in [-0.4, -0.2) is 21.3 Å². The Kier molecular flexibility index (Phi) is 4.73. The second-order valence-corrected chi connectivity index (χ2v) is 5.03. The Balaban J connectivity index is 1.73. The van der Waals surface area contributed by atoms with E-state index < -0.39 is 5.97 Å². The lowest BCUT2D eigenvalue weighted by molar-refractivity contribution is -0.137. The summed E-state index contributed by atoms with van der Waals surface area (Å²) in [6, 6.07) is 0. The van der Waals surface area contributed by atoms with Crippen molar-refractivity contribution in [3.05, 3.63) is 11.8 Å². The SMILES string of the molecule is O=C(O)CCc1nnc(CCC2CCCCC2)o1. The molecule has 1 aliphatic carbocycles. The molecule has 1 aliphatic rings. The first-order valence-electron chi connectivity index (χ1n) is 6.77. The van der Waals surface area contributed by atoms with Gasteiger partial charge in [0.2, 0.25) is 11.8 Å². The Morgan fingerprint density at radius 3 is 2.50 bits per heavy atom. The van der Waals surface area contributed by atoms with E-state index in [1.807, 2.05) is 0 Å². The molecule has 1 N–H and O–H groups in total. The molecule has 5 heteroatoms. The molecule has 5 nitrogen and oxygen atoms in total. The molecule has 1 heterocycles. The lowest BCUT2D eigenvalue weighted by atomic mass is 9.86. The van der Waals surface area contributed by atoms with Crippen LogP contribution in [0.25, 0.3) is 0 Å². The number of hydrogen-bond donors (Lipinski definition) is 1. The highest BCUT2D eigenvalue weighted by Crippen LogP contribution is 2.27. The molecule has 0 aliphatic heterocycles. The maximum Gasteiger partial charge on any atom is 0.303 e. The van der Waals surface area contributed by atoms with Crippen LogP contribution in [0.5, 0.6) is 0 Å². The fourth-order valence-corrected chi connectivity index (χ4v) is 2.51.